The molecule has 1 aliphatic rings. The minimum Gasteiger partial charge on any atom is -0.332 e. The summed E-state index contributed by atoms with van der Waals surface area (Å²) in [4.78, 5) is 22.9. The van der Waals surface area contributed by atoms with Gasteiger partial charge in [0.1, 0.15) is 0 Å². The summed E-state index contributed by atoms with van der Waals surface area (Å²) in [6.45, 7) is 3.82. The highest BCUT2D eigenvalue weighted by molar-refractivity contribution is 5.48. The van der Waals surface area contributed by atoms with Gasteiger partial charge in [-0.2, -0.15) is 0 Å². The second-order valence-electron chi connectivity index (χ2n) is 4.57. The molecule has 0 aromatic heterocycles. The van der Waals surface area contributed by atoms with E-state index in [-0.39, 0.29) is 23.4 Å². The molecule has 0 N–H and O–H groups in total. The molecular formula is C12H20N2O3. The number of nitro groups is 1. The van der Waals surface area contributed by atoms with Gasteiger partial charge in [-0.25, -0.2) is 0 Å². The van der Waals surface area contributed by atoms with Crippen molar-refractivity contribution >= 4 is 6.41 Å². The second kappa shape index (κ2) is 7.04. The fraction of sp³-hybridized carbons (Fsp3) is 0.750. The van der Waals surface area contributed by atoms with Gasteiger partial charge in [0, 0.05) is 11.5 Å². The number of amides is 1. The molecule has 1 fully saturated rings. The average molecular weight is 240 g/mol. The van der Waals surface area contributed by atoms with Crippen LogP contribution in [0.15, 0.2) is 12.7 Å². The van der Waals surface area contributed by atoms with Gasteiger partial charge in [0.05, 0.1) is 6.04 Å². The van der Waals surface area contributed by atoms with E-state index in [1.165, 1.54) is 11.3 Å². The summed E-state index contributed by atoms with van der Waals surface area (Å²) >= 11 is 0. The first-order valence-corrected chi connectivity index (χ1v) is 6.12. The summed E-state index contributed by atoms with van der Waals surface area (Å²) in [5.41, 5.74) is 0. The van der Waals surface area contributed by atoms with E-state index in [2.05, 4.69) is 6.58 Å². The van der Waals surface area contributed by atoms with Crippen LogP contribution in [-0.2, 0) is 4.79 Å². The van der Waals surface area contributed by atoms with Crippen molar-refractivity contribution in [1.29, 1.82) is 0 Å². The van der Waals surface area contributed by atoms with Gasteiger partial charge in [-0.05, 0) is 18.8 Å². The third-order valence-corrected chi connectivity index (χ3v) is 3.43. The molecule has 17 heavy (non-hydrogen) atoms. The van der Waals surface area contributed by atoms with Gasteiger partial charge in [-0.1, -0.05) is 25.3 Å². The van der Waals surface area contributed by atoms with Crippen LogP contribution in [0.5, 0.6) is 0 Å². The van der Waals surface area contributed by atoms with Crippen molar-refractivity contribution in [2.45, 2.75) is 38.1 Å². The SMILES string of the molecule is C=CCN(C=O)C(C[N+](=O)[O-])C1CCCCC1. The van der Waals surface area contributed by atoms with E-state index in [0.717, 1.165) is 25.7 Å². The zero-order valence-electron chi connectivity index (χ0n) is 10.1. The van der Waals surface area contributed by atoms with Crippen LogP contribution in [0.1, 0.15) is 32.1 Å². The molecule has 5 heteroatoms. The second-order valence-corrected chi connectivity index (χ2v) is 4.57. The summed E-state index contributed by atoms with van der Waals surface area (Å²) in [5.74, 6) is 0.263. The minimum absolute atomic E-state index is 0.156. The van der Waals surface area contributed by atoms with Gasteiger partial charge in [0.25, 0.3) is 0 Å². The smallest absolute Gasteiger partial charge is 0.224 e. The van der Waals surface area contributed by atoms with Gasteiger partial charge in [0.15, 0.2) is 0 Å². The van der Waals surface area contributed by atoms with Crippen LogP contribution in [0, 0.1) is 16.0 Å². The van der Waals surface area contributed by atoms with Crippen molar-refractivity contribution in [3.63, 3.8) is 0 Å². The first-order valence-electron chi connectivity index (χ1n) is 6.12. The van der Waals surface area contributed by atoms with E-state index in [1.807, 2.05) is 0 Å². The molecule has 0 spiro atoms. The quantitative estimate of drug-likeness (QED) is 0.295. The summed E-state index contributed by atoms with van der Waals surface area (Å²) < 4.78 is 0. The van der Waals surface area contributed by atoms with Gasteiger partial charge in [-0.3, -0.25) is 14.9 Å². The van der Waals surface area contributed by atoms with E-state index in [1.54, 1.807) is 6.08 Å². The van der Waals surface area contributed by atoms with Gasteiger partial charge in [0.2, 0.25) is 13.0 Å². The van der Waals surface area contributed by atoms with Crippen LogP contribution in [0.3, 0.4) is 0 Å². The lowest BCUT2D eigenvalue weighted by atomic mass is 9.83. The molecule has 1 amide bonds. The van der Waals surface area contributed by atoms with Crippen LogP contribution < -0.4 is 0 Å². The molecule has 1 saturated carbocycles. The van der Waals surface area contributed by atoms with Crippen molar-refractivity contribution < 1.29 is 9.72 Å². The zero-order chi connectivity index (χ0) is 12.7. The minimum atomic E-state index is -0.321. The van der Waals surface area contributed by atoms with Crippen molar-refractivity contribution in [2.24, 2.45) is 5.92 Å². The Bertz CT molecular complexity index is 275. The maximum atomic E-state index is 11.0. The fourth-order valence-corrected chi connectivity index (χ4v) is 2.60. The van der Waals surface area contributed by atoms with E-state index in [0.29, 0.717) is 13.0 Å². The summed E-state index contributed by atoms with van der Waals surface area (Å²) in [5, 5.41) is 10.7. The summed E-state index contributed by atoms with van der Waals surface area (Å²) in [6.07, 6.45) is 7.72. The van der Waals surface area contributed by atoms with Gasteiger partial charge in [-0.15, -0.1) is 6.58 Å². The first kappa shape index (κ1) is 13.7. The first-order chi connectivity index (χ1) is 8.19. The number of hydrogen-bond acceptors (Lipinski definition) is 3. The Kier molecular flexibility index (Phi) is 5.66. The molecule has 1 unspecified atom stereocenters. The number of rotatable bonds is 7. The molecule has 1 atom stereocenters. The van der Waals surface area contributed by atoms with Crippen molar-refractivity contribution in [3.05, 3.63) is 22.8 Å². The zero-order valence-corrected chi connectivity index (χ0v) is 10.1. The molecule has 0 saturated heterocycles. The van der Waals surface area contributed by atoms with Crippen molar-refractivity contribution in [3.8, 4) is 0 Å². The highest BCUT2D eigenvalue weighted by atomic mass is 16.6. The van der Waals surface area contributed by atoms with Gasteiger partial charge >= 0.3 is 0 Å². The third-order valence-electron chi connectivity index (χ3n) is 3.43. The Morgan fingerprint density at radius 3 is 2.53 bits per heavy atom. The maximum absolute atomic E-state index is 11.0. The van der Waals surface area contributed by atoms with Crippen LogP contribution in [-0.4, -0.2) is 35.4 Å². The molecule has 96 valence electrons. The molecule has 0 bridgehead atoms. The van der Waals surface area contributed by atoms with Crippen LogP contribution in [0.2, 0.25) is 0 Å². The highest BCUT2D eigenvalue weighted by Gasteiger charge is 2.31. The molecule has 1 aliphatic carbocycles. The Morgan fingerprint density at radius 2 is 2.06 bits per heavy atom. The van der Waals surface area contributed by atoms with Crippen molar-refractivity contribution in [2.75, 3.05) is 13.1 Å². The topological polar surface area (TPSA) is 63.5 Å². The average Bonchev–Trinajstić information content (AvgIpc) is 2.34. The molecule has 0 aromatic carbocycles. The van der Waals surface area contributed by atoms with Crippen LogP contribution in [0.4, 0.5) is 0 Å². The van der Waals surface area contributed by atoms with Crippen molar-refractivity contribution in [1.82, 2.24) is 4.90 Å². The Balaban J connectivity index is 2.71. The monoisotopic (exact) mass is 240 g/mol. The Morgan fingerprint density at radius 1 is 1.41 bits per heavy atom. The lowest BCUT2D eigenvalue weighted by Gasteiger charge is -2.33. The number of hydrogen-bond donors (Lipinski definition) is 0. The lowest BCUT2D eigenvalue weighted by Crippen LogP contribution is -2.45. The Labute approximate surface area is 102 Å². The normalized spacial score (nSPS) is 18.4. The Hall–Kier alpha value is -1.39. The largest absolute Gasteiger partial charge is 0.332 e. The number of carbonyl (C=O) groups excluding carboxylic acids is 1. The fourth-order valence-electron chi connectivity index (χ4n) is 2.60. The van der Waals surface area contributed by atoms with E-state index in [9.17, 15) is 14.9 Å². The number of nitrogens with zero attached hydrogens (tertiary/aromatic N) is 2. The molecular weight excluding hydrogens is 220 g/mol. The summed E-state index contributed by atoms with van der Waals surface area (Å²) in [6, 6.07) is -0.277. The number of carbonyl (C=O) groups is 1. The van der Waals surface area contributed by atoms with E-state index in [4.69, 9.17) is 0 Å². The van der Waals surface area contributed by atoms with E-state index >= 15 is 0 Å². The maximum Gasteiger partial charge on any atom is 0.224 e. The molecule has 0 heterocycles. The third kappa shape index (κ3) is 4.17. The lowest BCUT2D eigenvalue weighted by molar-refractivity contribution is -0.488. The molecule has 0 aromatic rings. The van der Waals surface area contributed by atoms with Crippen LogP contribution >= 0.6 is 0 Å². The van der Waals surface area contributed by atoms with Crippen LogP contribution in [0.25, 0.3) is 0 Å². The molecule has 1 rings (SSSR count). The standard InChI is InChI=1S/C12H20N2O3/c1-2-8-13(10-15)12(9-14(16)17)11-6-4-3-5-7-11/h2,10-12H,1,3-9H2. The highest BCUT2D eigenvalue weighted by Crippen LogP contribution is 2.28. The molecule has 0 radical (unpaired) electrons. The molecule has 0 aliphatic heterocycles. The predicted molar refractivity (Wildman–Crippen MR) is 65.2 cm³/mol. The van der Waals surface area contributed by atoms with Gasteiger partial charge < -0.3 is 4.90 Å². The molecule has 5 nitrogen and oxygen atoms in total. The van der Waals surface area contributed by atoms with E-state index < -0.39 is 0 Å². The summed E-state index contributed by atoms with van der Waals surface area (Å²) in [7, 11) is 0. The predicted octanol–water partition coefficient (Wildman–Crippen LogP) is 1.86.